The van der Waals surface area contributed by atoms with Crippen molar-refractivity contribution >= 4 is 21.7 Å². The lowest BCUT2D eigenvalue weighted by Crippen LogP contribution is -1.96. The summed E-state index contributed by atoms with van der Waals surface area (Å²) in [6.07, 6.45) is 3.69. The Labute approximate surface area is 102 Å². The van der Waals surface area contributed by atoms with Crippen LogP contribution >= 0.6 is 15.9 Å². The van der Waals surface area contributed by atoms with Crippen LogP contribution in [0.15, 0.2) is 35.2 Å². The van der Waals surface area contributed by atoms with Crippen molar-refractivity contribution in [1.82, 2.24) is 9.55 Å². The number of Topliss-reactive ketones (excluding diaryl/α,β-unsaturated/α-hetero) is 1. The van der Waals surface area contributed by atoms with Gasteiger partial charge >= 0.3 is 0 Å². The molecule has 0 atom stereocenters. The number of benzene rings is 1. The van der Waals surface area contributed by atoms with Crippen LogP contribution in [0.4, 0.5) is 0 Å². The molecule has 0 amide bonds. The maximum Gasteiger partial charge on any atom is 0.160 e. The van der Waals surface area contributed by atoms with E-state index in [9.17, 15) is 4.79 Å². The number of nitrogens with zero attached hydrogens (tertiary/aromatic N) is 2. The number of imidazole rings is 1. The normalized spacial score (nSPS) is 10.4. The van der Waals surface area contributed by atoms with Crippen molar-refractivity contribution in [2.45, 2.75) is 13.8 Å². The summed E-state index contributed by atoms with van der Waals surface area (Å²) in [6, 6.07) is 5.64. The van der Waals surface area contributed by atoms with E-state index in [1.54, 1.807) is 13.3 Å². The third-order valence-corrected chi connectivity index (χ3v) is 3.00. The second-order valence-corrected chi connectivity index (χ2v) is 4.50. The molecule has 0 saturated heterocycles. The van der Waals surface area contributed by atoms with Crippen LogP contribution in [0.5, 0.6) is 0 Å². The molecular weight excluding hydrogens is 268 g/mol. The number of carbonyl (C=O) groups excluding carboxylic acids is 1. The summed E-state index contributed by atoms with van der Waals surface area (Å²) in [7, 11) is 0. The lowest BCUT2D eigenvalue weighted by Gasteiger charge is -2.05. The zero-order valence-electron chi connectivity index (χ0n) is 9.07. The van der Waals surface area contributed by atoms with Crippen LogP contribution in [0.25, 0.3) is 5.69 Å². The Bertz CT molecular complexity index is 546. The molecule has 2 aromatic rings. The zero-order chi connectivity index (χ0) is 11.7. The highest BCUT2D eigenvalue weighted by Crippen LogP contribution is 2.21. The van der Waals surface area contributed by atoms with Gasteiger partial charge < -0.3 is 4.57 Å². The molecule has 0 saturated carbocycles. The molecule has 1 heterocycles. The van der Waals surface area contributed by atoms with Gasteiger partial charge in [-0.15, -0.1) is 0 Å². The fraction of sp³-hybridized carbons (Fsp3) is 0.167. The second kappa shape index (κ2) is 4.22. The summed E-state index contributed by atoms with van der Waals surface area (Å²) in [4.78, 5) is 15.4. The third kappa shape index (κ3) is 2.07. The van der Waals surface area contributed by atoms with E-state index < -0.39 is 0 Å². The number of rotatable bonds is 2. The van der Waals surface area contributed by atoms with Crippen LogP contribution in [0.2, 0.25) is 0 Å². The van der Waals surface area contributed by atoms with Crippen molar-refractivity contribution in [2.75, 3.05) is 0 Å². The van der Waals surface area contributed by atoms with Crippen molar-refractivity contribution in [2.24, 2.45) is 0 Å². The molecule has 3 nitrogen and oxygen atoms in total. The quantitative estimate of drug-likeness (QED) is 0.791. The van der Waals surface area contributed by atoms with E-state index in [-0.39, 0.29) is 5.78 Å². The second-order valence-electron chi connectivity index (χ2n) is 3.64. The number of aromatic nitrogens is 2. The molecule has 0 spiro atoms. The van der Waals surface area contributed by atoms with Gasteiger partial charge in [0.25, 0.3) is 0 Å². The molecule has 0 radical (unpaired) electrons. The molecular formula is C12H11BrN2O. The van der Waals surface area contributed by atoms with Crippen LogP contribution in [-0.4, -0.2) is 15.3 Å². The minimum atomic E-state index is 0.0558. The fourth-order valence-corrected chi connectivity index (χ4v) is 2.16. The minimum absolute atomic E-state index is 0.0558. The third-order valence-electron chi connectivity index (χ3n) is 2.34. The average Bonchev–Trinajstić information content (AvgIpc) is 2.64. The molecule has 0 bridgehead atoms. The topological polar surface area (TPSA) is 34.9 Å². The van der Waals surface area contributed by atoms with Gasteiger partial charge in [0, 0.05) is 21.9 Å². The molecule has 0 aliphatic heterocycles. The number of hydrogen-bond donors (Lipinski definition) is 0. The van der Waals surface area contributed by atoms with Crippen LogP contribution < -0.4 is 0 Å². The SMILES string of the molecule is CC(=O)c1ccc(-n2cnc(C)c2)cc1Br. The average molecular weight is 279 g/mol. The van der Waals surface area contributed by atoms with E-state index in [1.165, 1.54) is 0 Å². The van der Waals surface area contributed by atoms with Gasteiger partial charge in [0.1, 0.15) is 0 Å². The molecule has 0 fully saturated rings. The van der Waals surface area contributed by atoms with Crippen molar-refractivity contribution < 1.29 is 4.79 Å². The maximum atomic E-state index is 11.3. The Kier molecular flexibility index (Phi) is 2.92. The number of hydrogen-bond acceptors (Lipinski definition) is 2. The predicted octanol–water partition coefficient (Wildman–Crippen LogP) is 3.15. The van der Waals surface area contributed by atoms with E-state index >= 15 is 0 Å². The Morgan fingerprint density at radius 2 is 2.19 bits per heavy atom. The van der Waals surface area contributed by atoms with E-state index in [1.807, 2.05) is 35.9 Å². The number of ketones is 1. The summed E-state index contributed by atoms with van der Waals surface area (Å²) in [5.74, 6) is 0.0558. The molecule has 16 heavy (non-hydrogen) atoms. The smallest absolute Gasteiger partial charge is 0.160 e. The number of halogens is 1. The Morgan fingerprint density at radius 3 is 2.69 bits per heavy atom. The molecule has 0 aliphatic rings. The van der Waals surface area contributed by atoms with E-state index in [4.69, 9.17) is 0 Å². The molecule has 1 aromatic carbocycles. The molecule has 0 N–H and O–H groups in total. The van der Waals surface area contributed by atoms with Gasteiger partial charge in [-0.3, -0.25) is 4.79 Å². The Morgan fingerprint density at radius 1 is 1.44 bits per heavy atom. The summed E-state index contributed by atoms with van der Waals surface area (Å²) in [5.41, 5.74) is 2.64. The monoisotopic (exact) mass is 278 g/mol. The molecule has 82 valence electrons. The molecule has 1 aromatic heterocycles. The van der Waals surface area contributed by atoms with Gasteiger partial charge in [-0.25, -0.2) is 4.98 Å². The largest absolute Gasteiger partial charge is 0.306 e. The standard InChI is InChI=1S/C12H11BrN2O/c1-8-6-15(7-14-8)10-3-4-11(9(2)16)12(13)5-10/h3-7H,1-2H3. The Balaban J connectivity index is 2.45. The van der Waals surface area contributed by atoms with Crippen molar-refractivity contribution in [3.63, 3.8) is 0 Å². The van der Waals surface area contributed by atoms with Gasteiger partial charge in [-0.05, 0) is 48.0 Å². The van der Waals surface area contributed by atoms with Crippen LogP contribution in [0.3, 0.4) is 0 Å². The minimum Gasteiger partial charge on any atom is -0.306 e. The first-order valence-corrected chi connectivity index (χ1v) is 5.68. The molecule has 2 rings (SSSR count). The van der Waals surface area contributed by atoms with E-state index in [0.29, 0.717) is 5.56 Å². The first kappa shape index (κ1) is 11.1. The molecule has 0 unspecified atom stereocenters. The van der Waals surface area contributed by atoms with Gasteiger partial charge in [0.2, 0.25) is 0 Å². The fourth-order valence-electron chi connectivity index (χ4n) is 1.51. The highest BCUT2D eigenvalue weighted by molar-refractivity contribution is 9.10. The number of aryl methyl sites for hydroxylation is 1. The van der Waals surface area contributed by atoms with Gasteiger partial charge in [-0.1, -0.05) is 0 Å². The maximum absolute atomic E-state index is 11.3. The summed E-state index contributed by atoms with van der Waals surface area (Å²) in [5, 5.41) is 0. The first-order chi connectivity index (χ1) is 7.58. The van der Waals surface area contributed by atoms with Gasteiger partial charge in [0.05, 0.1) is 12.0 Å². The van der Waals surface area contributed by atoms with Crippen molar-refractivity contribution in [3.8, 4) is 5.69 Å². The van der Waals surface area contributed by atoms with Crippen LogP contribution in [0, 0.1) is 6.92 Å². The highest BCUT2D eigenvalue weighted by atomic mass is 79.9. The molecule has 0 aliphatic carbocycles. The first-order valence-electron chi connectivity index (χ1n) is 4.89. The van der Waals surface area contributed by atoms with E-state index in [2.05, 4.69) is 20.9 Å². The lowest BCUT2D eigenvalue weighted by atomic mass is 10.1. The van der Waals surface area contributed by atoms with Crippen LogP contribution in [0.1, 0.15) is 23.0 Å². The summed E-state index contributed by atoms with van der Waals surface area (Å²) < 4.78 is 2.73. The highest BCUT2D eigenvalue weighted by Gasteiger charge is 2.06. The Hall–Kier alpha value is -1.42. The van der Waals surface area contributed by atoms with Gasteiger partial charge in [-0.2, -0.15) is 0 Å². The van der Waals surface area contributed by atoms with Crippen molar-refractivity contribution in [1.29, 1.82) is 0 Å². The lowest BCUT2D eigenvalue weighted by molar-refractivity contribution is 0.101. The molecule has 4 heteroatoms. The summed E-state index contributed by atoms with van der Waals surface area (Å²) in [6.45, 7) is 3.50. The zero-order valence-corrected chi connectivity index (χ0v) is 10.7. The van der Waals surface area contributed by atoms with Gasteiger partial charge in [0.15, 0.2) is 5.78 Å². The summed E-state index contributed by atoms with van der Waals surface area (Å²) >= 11 is 3.40. The van der Waals surface area contributed by atoms with Crippen molar-refractivity contribution in [3.05, 3.63) is 46.5 Å². The van der Waals surface area contributed by atoms with Crippen LogP contribution in [-0.2, 0) is 0 Å². The number of carbonyl (C=O) groups is 1. The van der Waals surface area contributed by atoms with E-state index in [0.717, 1.165) is 15.9 Å². The predicted molar refractivity (Wildman–Crippen MR) is 66.0 cm³/mol.